The van der Waals surface area contributed by atoms with Crippen molar-refractivity contribution in [2.24, 2.45) is 5.10 Å². The molecule has 2 rings (SSSR count). The van der Waals surface area contributed by atoms with Crippen molar-refractivity contribution in [2.45, 2.75) is 20.8 Å². The van der Waals surface area contributed by atoms with Crippen LogP contribution in [0.1, 0.15) is 34.4 Å². The first-order valence-corrected chi connectivity index (χ1v) is 6.53. The van der Waals surface area contributed by atoms with Crippen molar-refractivity contribution in [1.82, 2.24) is 5.43 Å². The summed E-state index contributed by atoms with van der Waals surface area (Å²) in [5.41, 5.74) is 4.62. The lowest BCUT2D eigenvalue weighted by Crippen LogP contribution is -2.19. The van der Waals surface area contributed by atoms with Gasteiger partial charge in [-0.15, -0.1) is 0 Å². The van der Waals surface area contributed by atoms with E-state index in [-0.39, 0.29) is 5.91 Å². The Labute approximate surface area is 122 Å². The third kappa shape index (κ3) is 3.27. The molecule has 0 spiro atoms. The van der Waals surface area contributed by atoms with Gasteiger partial charge in [0.25, 0.3) is 5.91 Å². The first kappa shape index (κ1) is 14.3. The van der Waals surface area contributed by atoms with Crippen molar-refractivity contribution in [3.05, 3.63) is 58.0 Å². The molecule has 0 aliphatic carbocycles. The predicted molar refractivity (Wildman–Crippen MR) is 79.3 cm³/mol. The van der Waals surface area contributed by atoms with E-state index < -0.39 is 0 Å². The third-order valence-electron chi connectivity index (χ3n) is 2.87. The quantitative estimate of drug-likeness (QED) is 0.692. The molecule has 0 fully saturated rings. The average molecular weight is 291 g/mol. The van der Waals surface area contributed by atoms with E-state index in [1.807, 2.05) is 19.1 Å². The Morgan fingerprint density at radius 2 is 1.90 bits per heavy atom. The molecule has 0 radical (unpaired) electrons. The van der Waals surface area contributed by atoms with Gasteiger partial charge in [0.05, 0.1) is 11.3 Å². The summed E-state index contributed by atoms with van der Waals surface area (Å²) in [5, 5.41) is 4.75. The van der Waals surface area contributed by atoms with Gasteiger partial charge < -0.3 is 4.42 Å². The molecule has 0 atom stereocenters. The van der Waals surface area contributed by atoms with E-state index in [0.717, 1.165) is 5.56 Å². The van der Waals surface area contributed by atoms with Crippen molar-refractivity contribution in [3.63, 3.8) is 0 Å². The molecule has 104 valence electrons. The Hall–Kier alpha value is -2.07. The maximum absolute atomic E-state index is 12.0. The SMILES string of the molecule is CC(=NNC(=O)c1cc(C)oc1C)c1ccc(Cl)cc1. The van der Waals surface area contributed by atoms with Crippen molar-refractivity contribution in [3.8, 4) is 0 Å². The van der Waals surface area contributed by atoms with E-state index in [4.69, 9.17) is 16.0 Å². The minimum Gasteiger partial charge on any atom is -0.466 e. The highest BCUT2D eigenvalue weighted by Gasteiger charge is 2.12. The zero-order chi connectivity index (χ0) is 14.7. The number of benzene rings is 1. The first-order chi connectivity index (χ1) is 9.47. The summed E-state index contributed by atoms with van der Waals surface area (Å²) in [6, 6.07) is 8.95. The molecule has 0 saturated carbocycles. The maximum atomic E-state index is 12.0. The summed E-state index contributed by atoms with van der Waals surface area (Å²) in [6.07, 6.45) is 0. The summed E-state index contributed by atoms with van der Waals surface area (Å²) < 4.78 is 5.32. The second kappa shape index (κ2) is 5.92. The lowest BCUT2D eigenvalue weighted by molar-refractivity contribution is 0.0953. The zero-order valence-electron chi connectivity index (χ0n) is 11.5. The number of furan rings is 1. The Bertz CT molecular complexity index is 657. The third-order valence-corrected chi connectivity index (χ3v) is 3.12. The molecule has 1 N–H and O–H groups in total. The van der Waals surface area contributed by atoms with Gasteiger partial charge in [-0.3, -0.25) is 4.79 Å². The highest BCUT2D eigenvalue weighted by molar-refractivity contribution is 6.30. The van der Waals surface area contributed by atoms with Gasteiger partial charge in [-0.05, 0) is 44.5 Å². The van der Waals surface area contributed by atoms with Crippen LogP contribution in [0.4, 0.5) is 0 Å². The van der Waals surface area contributed by atoms with Crippen LogP contribution in [0.25, 0.3) is 0 Å². The molecule has 0 saturated heterocycles. The van der Waals surface area contributed by atoms with Crippen molar-refractivity contribution in [2.75, 3.05) is 0 Å². The molecule has 1 aromatic carbocycles. The lowest BCUT2D eigenvalue weighted by atomic mass is 10.1. The van der Waals surface area contributed by atoms with Crippen LogP contribution < -0.4 is 5.43 Å². The van der Waals surface area contributed by atoms with Gasteiger partial charge in [0, 0.05) is 5.02 Å². The Morgan fingerprint density at radius 1 is 1.25 bits per heavy atom. The number of nitrogens with zero attached hydrogens (tertiary/aromatic N) is 1. The Morgan fingerprint density at radius 3 is 2.45 bits per heavy atom. The molecule has 4 nitrogen and oxygen atoms in total. The molecular weight excluding hydrogens is 276 g/mol. The number of amides is 1. The van der Waals surface area contributed by atoms with Crippen LogP contribution >= 0.6 is 11.6 Å². The number of carbonyl (C=O) groups is 1. The first-order valence-electron chi connectivity index (χ1n) is 6.15. The van der Waals surface area contributed by atoms with Gasteiger partial charge in [0.15, 0.2) is 0 Å². The van der Waals surface area contributed by atoms with Gasteiger partial charge in [0.2, 0.25) is 0 Å². The minimum absolute atomic E-state index is 0.285. The van der Waals surface area contributed by atoms with Crippen molar-refractivity contribution < 1.29 is 9.21 Å². The summed E-state index contributed by atoms with van der Waals surface area (Å²) in [4.78, 5) is 12.0. The molecule has 5 heteroatoms. The number of hydrazone groups is 1. The molecule has 0 aliphatic heterocycles. The average Bonchev–Trinajstić information content (AvgIpc) is 2.75. The van der Waals surface area contributed by atoms with Crippen LogP contribution in [-0.4, -0.2) is 11.6 Å². The smallest absolute Gasteiger partial charge is 0.274 e. The van der Waals surface area contributed by atoms with Gasteiger partial charge >= 0.3 is 0 Å². The van der Waals surface area contributed by atoms with Gasteiger partial charge in [-0.25, -0.2) is 5.43 Å². The van der Waals surface area contributed by atoms with E-state index >= 15 is 0 Å². The molecule has 20 heavy (non-hydrogen) atoms. The van der Waals surface area contributed by atoms with Gasteiger partial charge in [-0.1, -0.05) is 23.7 Å². The van der Waals surface area contributed by atoms with Crippen molar-refractivity contribution >= 4 is 23.2 Å². The van der Waals surface area contributed by atoms with Crippen LogP contribution in [0.2, 0.25) is 5.02 Å². The number of hydrogen-bond donors (Lipinski definition) is 1. The van der Waals surface area contributed by atoms with E-state index in [1.165, 1.54) is 0 Å². The number of nitrogens with one attached hydrogen (secondary N) is 1. The van der Waals surface area contributed by atoms with Gasteiger partial charge in [-0.2, -0.15) is 5.10 Å². The molecule has 1 heterocycles. The second-order valence-electron chi connectivity index (χ2n) is 4.47. The number of aryl methyl sites for hydroxylation is 2. The predicted octanol–water partition coefficient (Wildman–Crippen LogP) is 3.70. The standard InChI is InChI=1S/C15H15ClN2O2/c1-9-8-14(11(3)20-9)15(19)18-17-10(2)12-4-6-13(16)7-5-12/h4-8H,1-3H3,(H,18,19). The van der Waals surface area contributed by atoms with E-state index in [1.54, 1.807) is 32.0 Å². The summed E-state index contributed by atoms with van der Waals surface area (Å²) in [6.45, 7) is 5.36. The number of carbonyl (C=O) groups excluding carboxylic acids is 1. The normalized spacial score (nSPS) is 11.5. The molecule has 0 unspecified atom stereocenters. The monoisotopic (exact) mass is 290 g/mol. The largest absolute Gasteiger partial charge is 0.466 e. The number of hydrogen-bond acceptors (Lipinski definition) is 3. The Balaban J connectivity index is 2.10. The van der Waals surface area contributed by atoms with E-state index in [2.05, 4.69) is 10.5 Å². The lowest BCUT2D eigenvalue weighted by Gasteiger charge is -2.02. The van der Waals surface area contributed by atoms with Crippen LogP contribution in [0.3, 0.4) is 0 Å². The van der Waals surface area contributed by atoms with E-state index in [9.17, 15) is 4.79 Å². The second-order valence-corrected chi connectivity index (χ2v) is 4.91. The van der Waals surface area contributed by atoms with Crippen LogP contribution in [0.15, 0.2) is 39.9 Å². The number of rotatable bonds is 3. The summed E-state index contributed by atoms with van der Waals surface area (Å²) >= 11 is 5.82. The molecule has 0 aliphatic rings. The molecule has 1 aromatic heterocycles. The Kier molecular flexibility index (Phi) is 4.25. The fourth-order valence-corrected chi connectivity index (χ4v) is 1.93. The van der Waals surface area contributed by atoms with Crippen molar-refractivity contribution in [1.29, 1.82) is 0 Å². The number of halogens is 1. The minimum atomic E-state index is -0.285. The van der Waals surface area contributed by atoms with Gasteiger partial charge in [0.1, 0.15) is 11.5 Å². The highest BCUT2D eigenvalue weighted by atomic mass is 35.5. The maximum Gasteiger partial charge on any atom is 0.274 e. The van der Waals surface area contributed by atoms with Crippen LogP contribution in [0.5, 0.6) is 0 Å². The highest BCUT2D eigenvalue weighted by Crippen LogP contribution is 2.13. The summed E-state index contributed by atoms with van der Waals surface area (Å²) in [7, 11) is 0. The summed E-state index contributed by atoms with van der Waals surface area (Å²) in [5.74, 6) is 0.998. The molecular formula is C15H15ClN2O2. The zero-order valence-corrected chi connectivity index (χ0v) is 12.3. The van der Waals surface area contributed by atoms with E-state index in [0.29, 0.717) is 27.8 Å². The molecule has 1 amide bonds. The molecule has 2 aromatic rings. The van der Waals surface area contributed by atoms with Crippen LogP contribution in [-0.2, 0) is 0 Å². The topological polar surface area (TPSA) is 54.6 Å². The molecule has 0 bridgehead atoms. The fourth-order valence-electron chi connectivity index (χ4n) is 1.81. The fraction of sp³-hybridized carbons (Fsp3) is 0.200. The van der Waals surface area contributed by atoms with Crippen LogP contribution in [0, 0.1) is 13.8 Å².